The molecule has 1 fully saturated rings. The van der Waals surface area contributed by atoms with Crippen LogP contribution in [0.5, 0.6) is 0 Å². The molecule has 44 heavy (non-hydrogen) atoms. The average molecular weight is 612 g/mol. The lowest BCUT2D eigenvalue weighted by Crippen LogP contribution is -2.43. The highest BCUT2D eigenvalue weighted by Crippen LogP contribution is 2.31. The van der Waals surface area contributed by atoms with Crippen LogP contribution in [0.2, 0.25) is 5.02 Å². The first-order chi connectivity index (χ1) is 21.3. The van der Waals surface area contributed by atoms with Crippen molar-refractivity contribution in [3.8, 4) is 5.82 Å². The van der Waals surface area contributed by atoms with Gasteiger partial charge in [-0.25, -0.2) is 4.98 Å². The third kappa shape index (κ3) is 6.07. The number of fused-ring (bicyclic) bond motifs is 3. The molecule has 0 spiro atoms. The van der Waals surface area contributed by atoms with Crippen LogP contribution in [0.3, 0.4) is 0 Å². The number of likely N-dealkylation sites (tertiary alicyclic amines) is 1. The first kappa shape index (κ1) is 29.8. The lowest BCUT2D eigenvalue weighted by Gasteiger charge is -2.29. The Balaban J connectivity index is 1.18. The number of halogens is 1. The Labute approximate surface area is 263 Å². The number of para-hydroxylation sites is 1. The predicted molar refractivity (Wildman–Crippen MR) is 175 cm³/mol. The average Bonchev–Trinajstić information content (AvgIpc) is 3.48. The molecule has 228 valence electrons. The number of benzene rings is 2. The molecular formula is C34H38ClN7O2. The molecule has 2 aliphatic heterocycles. The molecule has 0 unspecified atom stereocenters. The van der Waals surface area contributed by atoms with Crippen molar-refractivity contribution in [2.24, 2.45) is 0 Å². The fourth-order valence-electron chi connectivity index (χ4n) is 6.11. The second kappa shape index (κ2) is 12.8. The molecule has 2 aliphatic rings. The number of rotatable bonds is 8. The number of nitrogens with one attached hydrogen (secondary N) is 3. The fraction of sp³-hybridized carbons (Fsp3) is 0.353. The minimum Gasteiger partial charge on any atom is -0.349 e. The molecule has 4 heterocycles. The molecule has 10 heteroatoms. The molecule has 0 radical (unpaired) electrons. The normalized spacial score (nSPS) is 14.9. The van der Waals surface area contributed by atoms with E-state index in [0.717, 1.165) is 79.1 Å². The molecular weight excluding hydrogens is 574 g/mol. The first-order valence-corrected chi connectivity index (χ1v) is 15.8. The third-order valence-corrected chi connectivity index (χ3v) is 9.02. The van der Waals surface area contributed by atoms with Gasteiger partial charge in [-0.15, -0.1) is 0 Å². The molecule has 6 rings (SSSR count). The van der Waals surface area contributed by atoms with Gasteiger partial charge in [-0.3, -0.25) is 9.59 Å². The molecule has 9 nitrogen and oxygen atoms in total. The maximum Gasteiger partial charge on any atom is 0.257 e. The van der Waals surface area contributed by atoms with Gasteiger partial charge in [-0.05, 0) is 94.1 Å². The summed E-state index contributed by atoms with van der Waals surface area (Å²) in [5, 5.41) is 9.95. The van der Waals surface area contributed by atoms with Gasteiger partial charge < -0.3 is 25.4 Å². The Morgan fingerprint density at radius 2 is 1.75 bits per heavy atom. The number of hydrogen-bond donors (Lipinski definition) is 3. The molecule has 0 aliphatic carbocycles. The van der Waals surface area contributed by atoms with E-state index in [0.29, 0.717) is 34.2 Å². The quantitative estimate of drug-likeness (QED) is 0.227. The number of anilines is 3. The summed E-state index contributed by atoms with van der Waals surface area (Å²) in [4.78, 5) is 38.0. The topological polar surface area (TPSA) is 104 Å². The minimum absolute atomic E-state index is 0.114. The van der Waals surface area contributed by atoms with Crippen LogP contribution in [0, 0.1) is 0 Å². The summed E-state index contributed by atoms with van der Waals surface area (Å²) in [5.41, 5.74) is 6.86. The van der Waals surface area contributed by atoms with Gasteiger partial charge >= 0.3 is 0 Å². The standard InChI is InChI=1S/C34H38ClN7O2/c1-4-21-7-6-8-22(5-2)30(21)39-33(44)26-15-18-42-29(26)12-10-24-20-36-34(40-31(24)42)38-28-11-9-23(19-27(28)35)32(43)37-25-13-16-41(3)17-14-25/h6-9,11,15,18-20,25H,4-5,10,12-14,16-17H2,1-3H3,(H,37,43)(H,39,44)(H,36,38,40). The zero-order valence-corrected chi connectivity index (χ0v) is 26.2. The fourth-order valence-corrected chi connectivity index (χ4v) is 6.33. The van der Waals surface area contributed by atoms with E-state index in [2.05, 4.69) is 58.9 Å². The van der Waals surface area contributed by atoms with Crippen molar-refractivity contribution in [2.75, 3.05) is 30.8 Å². The predicted octanol–water partition coefficient (Wildman–Crippen LogP) is 5.96. The van der Waals surface area contributed by atoms with Gasteiger partial charge in [-0.1, -0.05) is 43.6 Å². The van der Waals surface area contributed by atoms with Crippen LogP contribution in [0.4, 0.5) is 17.3 Å². The van der Waals surface area contributed by atoms with E-state index in [1.54, 1.807) is 18.2 Å². The number of amides is 2. The van der Waals surface area contributed by atoms with Gasteiger partial charge in [0.2, 0.25) is 5.95 Å². The number of aromatic nitrogens is 3. The van der Waals surface area contributed by atoms with Crippen LogP contribution in [-0.2, 0) is 25.7 Å². The van der Waals surface area contributed by atoms with Gasteiger partial charge in [0.1, 0.15) is 5.82 Å². The van der Waals surface area contributed by atoms with Crippen molar-refractivity contribution >= 4 is 40.7 Å². The lowest BCUT2D eigenvalue weighted by atomic mass is 10.0. The maximum absolute atomic E-state index is 13.5. The summed E-state index contributed by atoms with van der Waals surface area (Å²) in [5.74, 6) is 0.876. The smallest absolute Gasteiger partial charge is 0.257 e. The summed E-state index contributed by atoms with van der Waals surface area (Å²) in [7, 11) is 2.10. The second-order valence-corrected chi connectivity index (χ2v) is 12.0. The number of carbonyl (C=O) groups excluding carboxylic acids is 2. The van der Waals surface area contributed by atoms with Crippen LogP contribution in [0.25, 0.3) is 5.82 Å². The van der Waals surface area contributed by atoms with Gasteiger partial charge in [0, 0.05) is 40.9 Å². The monoisotopic (exact) mass is 611 g/mol. The summed E-state index contributed by atoms with van der Waals surface area (Å²) in [6.07, 6.45) is 8.72. The van der Waals surface area contributed by atoms with Crippen LogP contribution < -0.4 is 16.0 Å². The molecule has 0 bridgehead atoms. The van der Waals surface area contributed by atoms with E-state index in [-0.39, 0.29) is 17.9 Å². The Morgan fingerprint density at radius 3 is 2.45 bits per heavy atom. The van der Waals surface area contributed by atoms with Crippen LogP contribution in [0.1, 0.15) is 69.8 Å². The highest BCUT2D eigenvalue weighted by Gasteiger charge is 2.25. The van der Waals surface area contributed by atoms with Gasteiger partial charge in [-0.2, -0.15) is 4.98 Å². The Bertz CT molecular complexity index is 1690. The van der Waals surface area contributed by atoms with Crippen molar-refractivity contribution in [3.05, 3.63) is 93.4 Å². The summed E-state index contributed by atoms with van der Waals surface area (Å²) in [6, 6.07) is 13.4. The number of carbonyl (C=O) groups is 2. The van der Waals surface area contributed by atoms with Crippen molar-refractivity contribution in [2.45, 2.75) is 58.4 Å². The number of hydrogen-bond acceptors (Lipinski definition) is 6. The van der Waals surface area contributed by atoms with Crippen LogP contribution in [0.15, 0.2) is 54.9 Å². The number of aryl methyl sites for hydroxylation is 3. The molecule has 1 saturated heterocycles. The highest BCUT2D eigenvalue weighted by atomic mass is 35.5. The van der Waals surface area contributed by atoms with E-state index >= 15 is 0 Å². The zero-order valence-electron chi connectivity index (χ0n) is 25.4. The molecule has 0 saturated carbocycles. The second-order valence-electron chi connectivity index (χ2n) is 11.6. The van der Waals surface area contributed by atoms with Crippen molar-refractivity contribution in [3.63, 3.8) is 0 Å². The van der Waals surface area contributed by atoms with E-state index in [4.69, 9.17) is 16.6 Å². The highest BCUT2D eigenvalue weighted by molar-refractivity contribution is 6.33. The Kier molecular flexibility index (Phi) is 8.68. The molecule has 2 aromatic carbocycles. The van der Waals surface area contributed by atoms with Crippen LogP contribution in [-0.4, -0.2) is 57.4 Å². The van der Waals surface area contributed by atoms with Gasteiger partial charge in [0.05, 0.1) is 16.3 Å². The van der Waals surface area contributed by atoms with Crippen molar-refractivity contribution < 1.29 is 9.59 Å². The summed E-state index contributed by atoms with van der Waals surface area (Å²) < 4.78 is 1.98. The lowest BCUT2D eigenvalue weighted by molar-refractivity contribution is 0.0916. The van der Waals surface area contributed by atoms with Crippen molar-refractivity contribution in [1.82, 2.24) is 24.8 Å². The van der Waals surface area contributed by atoms with Crippen molar-refractivity contribution in [1.29, 1.82) is 0 Å². The summed E-state index contributed by atoms with van der Waals surface area (Å²) in [6.45, 7) is 6.15. The summed E-state index contributed by atoms with van der Waals surface area (Å²) >= 11 is 6.60. The largest absolute Gasteiger partial charge is 0.349 e. The number of nitrogens with zero attached hydrogens (tertiary/aromatic N) is 4. The van der Waals surface area contributed by atoms with Gasteiger partial charge in [0.15, 0.2) is 0 Å². The van der Waals surface area contributed by atoms with E-state index in [9.17, 15) is 9.59 Å². The molecule has 4 aromatic rings. The first-order valence-electron chi connectivity index (χ1n) is 15.4. The molecule has 0 atom stereocenters. The third-order valence-electron chi connectivity index (χ3n) is 8.71. The van der Waals surface area contributed by atoms with Crippen LogP contribution >= 0.6 is 11.6 Å². The van der Waals surface area contributed by atoms with E-state index in [1.165, 1.54) is 0 Å². The van der Waals surface area contributed by atoms with E-state index in [1.807, 2.05) is 29.1 Å². The Hall–Kier alpha value is -4.21. The zero-order chi connectivity index (χ0) is 30.8. The van der Waals surface area contributed by atoms with E-state index < -0.39 is 0 Å². The van der Waals surface area contributed by atoms with Gasteiger partial charge in [0.25, 0.3) is 11.8 Å². The maximum atomic E-state index is 13.5. The molecule has 2 aromatic heterocycles. The molecule has 2 amide bonds. The molecule has 3 N–H and O–H groups in total. The number of piperidine rings is 1. The Morgan fingerprint density at radius 1 is 1.00 bits per heavy atom. The minimum atomic E-state index is -0.123. The SMILES string of the molecule is CCc1cccc(CC)c1NC(=O)c1ccn2c1CCc1cnc(Nc3ccc(C(=O)NC4CCN(C)CC4)cc3Cl)nc1-2.